The molecule has 1 saturated heterocycles. The SMILES string of the molecule is CCCc1c(NCC)ncnc1N1CC2CCC(O)C2C1. The van der Waals surface area contributed by atoms with Crippen molar-refractivity contribution in [2.24, 2.45) is 11.8 Å². The summed E-state index contributed by atoms with van der Waals surface area (Å²) in [5.41, 5.74) is 1.23. The predicted octanol–water partition coefficient (Wildman–Crippen LogP) is 2.07. The average Bonchev–Trinajstić information content (AvgIpc) is 3.04. The van der Waals surface area contributed by atoms with Gasteiger partial charge in [-0.05, 0) is 32.1 Å². The van der Waals surface area contributed by atoms with Crippen LogP contribution < -0.4 is 10.2 Å². The average molecular weight is 290 g/mol. The minimum atomic E-state index is -0.121. The number of nitrogens with zero attached hydrogens (tertiary/aromatic N) is 3. The summed E-state index contributed by atoms with van der Waals surface area (Å²) in [6.07, 6.45) is 5.74. The van der Waals surface area contributed by atoms with Crippen molar-refractivity contribution in [2.45, 2.75) is 45.6 Å². The van der Waals surface area contributed by atoms with Crippen molar-refractivity contribution >= 4 is 11.6 Å². The van der Waals surface area contributed by atoms with Crippen molar-refractivity contribution in [3.63, 3.8) is 0 Å². The topological polar surface area (TPSA) is 61.3 Å². The van der Waals surface area contributed by atoms with Crippen LogP contribution in [0, 0.1) is 11.8 Å². The normalized spacial score (nSPS) is 28.0. The highest BCUT2D eigenvalue weighted by Gasteiger charge is 2.42. The molecule has 3 unspecified atom stereocenters. The first-order valence-corrected chi connectivity index (χ1v) is 8.25. The lowest BCUT2D eigenvalue weighted by atomic mass is 10.00. The van der Waals surface area contributed by atoms with E-state index in [1.54, 1.807) is 6.33 Å². The molecule has 1 aliphatic heterocycles. The van der Waals surface area contributed by atoms with Gasteiger partial charge in [0, 0.05) is 31.1 Å². The van der Waals surface area contributed by atoms with Gasteiger partial charge in [0.15, 0.2) is 0 Å². The zero-order valence-electron chi connectivity index (χ0n) is 13.0. The van der Waals surface area contributed by atoms with Crippen molar-refractivity contribution in [3.05, 3.63) is 11.9 Å². The Kier molecular flexibility index (Phi) is 4.29. The van der Waals surface area contributed by atoms with Crippen molar-refractivity contribution in [3.8, 4) is 0 Å². The Hall–Kier alpha value is -1.36. The number of hydrogen-bond donors (Lipinski definition) is 2. The van der Waals surface area contributed by atoms with Gasteiger partial charge in [0.2, 0.25) is 0 Å². The molecule has 5 heteroatoms. The Morgan fingerprint density at radius 3 is 2.86 bits per heavy atom. The summed E-state index contributed by atoms with van der Waals surface area (Å²) in [6.45, 7) is 7.12. The highest BCUT2D eigenvalue weighted by Crippen LogP contribution is 2.40. The van der Waals surface area contributed by atoms with Gasteiger partial charge in [0.05, 0.1) is 6.10 Å². The highest BCUT2D eigenvalue weighted by molar-refractivity contribution is 5.59. The van der Waals surface area contributed by atoms with Gasteiger partial charge in [-0.2, -0.15) is 0 Å². The molecule has 3 rings (SSSR count). The highest BCUT2D eigenvalue weighted by atomic mass is 16.3. The standard InChI is InChI=1S/C16H26N4O/c1-3-5-12-15(17-4-2)18-10-19-16(12)20-8-11-6-7-14(21)13(11)9-20/h10-11,13-14,21H,3-9H2,1-2H3,(H,17,18,19). The lowest BCUT2D eigenvalue weighted by Crippen LogP contribution is -2.26. The Labute approximate surface area is 126 Å². The van der Waals surface area contributed by atoms with E-state index in [0.717, 1.165) is 57.0 Å². The molecule has 2 N–H and O–H groups in total. The fraction of sp³-hybridized carbons (Fsp3) is 0.750. The molecule has 1 saturated carbocycles. The smallest absolute Gasteiger partial charge is 0.137 e. The summed E-state index contributed by atoms with van der Waals surface area (Å²) >= 11 is 0. The number of anilines is 2. The van der Waals surface area contributed by atoms with Gasteiger partial charge < -0.3 is 15.3 Å². The van der Waals surface area contributed by atoms with Gasteiger partial charge in [-0.15, -0.1) is 0 Å². The third-order valence-corrected chi connectivity index (χ3v) is 4.89. The van der Waals surface area contributed by atoms with E-state index in [2.05, 4.69) is 34.0 Å². The monoisotopic (exact) mass is 290 g/mol. The number of nitrogens with one attached hydrogen (secondary N) is 1. The zero-order chi connectivity index (χ0) is 14.8. The number of aliphatic hydroxyl groups excluding tert-OH is 1. The lowest BCUT2D eigenvalue weighted by Gasteiger charge is -2.23. The fourth-order valence-corrected chi connectivity index (χ4v) is 3.89. The molecule has 1 aromatic rings. The second-order valence-corrected chi connectivity index (χ2v) is 6.28. The van der Waals surface area contributed by atoms with E-state index in [4.69, 9.17) is 0 Å². The molecule has 116 valence electrons. The molecule has 2 aliphatic rings. The van der Waals surface area contributed by atoms with Crippen LogP contribution in [-0.2, 0) is 6.42 Å². The van der Waals surface area contributed by atoms with Crippen molar-refractivity contribution in [1.29, 1.82) is 0 Å². The van der Waals surface area contributed by atoms with Crippen LogP contribution in [0.2, 0.25) is 0 Å². The Morgan fingerprint density at radius 2 is 2.14 bits per heavy atom. The van der Waals surface area contributed by atoms with E-state index in [1.807, 2.05) is 0 Å². The third-order valence-electron chi connectivity index (χ3n) is 4.89. The van der Waals surface area contributed by atoms with Crippen LogP contribution in [0.15, 0.2) is 6.33 Å². The molecule has 2 fully saturated rings. The Morgan fingerprint density at radius 1 is 1.29 bits per heavy atom. The van der Waals surface area contributed by atoms with Crippen LogP contribution in [0.3, 0.4) is 0 Å². The van der Waals surface area contributed by atoms with E-state index in [1.165, 1.54) is 5.56 Å². The number of hydrogen-bond acceptors (Lipinski definition) is 5. The van der Waals surface area contributed by atoms with Crippen LogP contribution in [0.4, 0.5) is 11.6 Å². The minimum Gasteiger partial charge on any atom is -0.393 e. The molecule has 0 aromatic carbocycles. The molecule has 0 spiro atoms. The van der Waals surface area contributed by atoms with Gasteiger partial charge in [-0.3, -0.25) is 0 Å². The summed E-state index contributed by atoms with van der Waals surface area (Å²) in [5.74, 6) is 3.11. The van der Waals surface area contributed by atoms with E-state index < -0.39 is 0 Å². The molecule has 0 amide bonds. The largest absolute Gasteiger partial charge is 0.393 e. The maximum Gasteiger partial charge on any atom is 0.137 e. The van der Waals surface area contributed by atoms with Crippen LogP contribution in [0.1, 0.15) is 38.7 Å². The second kappa shape index (κ2) is 6.18. The van der Waals surface area contributed by atoms with Gasteiger partial charge >= 0.3 is 0 Å². The molecule has 21 heavy (non-hydrogen) atoms. The molecular weight excluding hydrogens is 264 g/mol. The van der Waals surface area contributed by atoms with Gasteiger partial charge in [-0.1, -0.05) is 13.3 Å². The maximum absolute atomic E-state index is 10.1. The maximum atomic E-state index is 10.1. The Bertz CT molecular complexity index is 493. The number of rotatable bonds is 5. The summed E-state index contributed by atoms with van der Waals surface area (Å²) in [6, 6.07) is 0. The predicted molar refractivity (Wildman–Crippen MR) is 84.6 cm³/mol. The first-order valence-electron chi connectivity index (χ1n) is 8.25. The fourth-order valence-electron chi connectivity index (χ4n) is 3.89. The van der Waals surface area contributed by atoms with Gasteiger partial charge in [0.1, 0.15) is 18.0 Å². The van der Waals surface area contributed by atoms with E-state index in [-0.39, 0.29) is 6.10 Å². The lowest BCUT2D eigenvalue weighted by molar-refractivity contribution is 0.133. The first kappa shape index (κ1) is 14.6. The van der Waals surface area contributed by atoms with Crippen molar-refractivity contribution < 1.29 is 5.11 Å². The van der Waals surface area contributed by atoms with Crippen molar-refractivity contribution in [1.82, 2.24) is 9.97 Å². The second-order valence-electron chi connectivity index (χ2n) is 6.28. The molecule has 5 nitrogen and oxygen atoms in total. The number of aromatic nitrogens is 2. The molecule has 0 radical (unpaired) electrons. The van der Waals surface area contributed by atoms with Crippen LogP contribution in [0.5, 0.6) is 0 Å². The number of aliphatic hydroxyl groups is 1. The van der Waals surface area contributed by atoms with Crippen molar-refractivity contribution in [2.75, 3.05) is 29.9 Å². The van der Waals surface area contributed by atoms with Gasteiger partial charge in [0.25, 0.3) is 0 Å². The third kappa shape index (κ3) is 2.71. The molecular formula is C16H26N4O. The molecule has 3 atom stereocenters. The van der Waals surface area contributed by atoms with E-state index in [0.29, 0.717) is 11.8 Å². The summed E-state index contributed by atoms with van der Waals surface area (Å²) in [5, 5.41) is 13.5. The summed E-state index contributed by atoms with van der Waals surface area (Å²) < 4.78 is 0. The molecule has 2 heterocycles. The Balaban J connectivity index is 1.86. The van der Waals surface area contributed by atoms with Crippen LogP contribution in [-0.4, -0.2) is 40.8 Å². The zero-order valence-corrected chi connectivity index (χ0v) is 13.0. The summed E-state index contributed by atoms with van der Waals surface area (Å²) in [4.78, 5) is 11.3. The van der Waals surface area contributed by atoms with E-state index >= 15 is 0 Å². The van der Waals surface area contributed by atoms with E-state index in [9.17, 15) is 5.11 Å². The van der Waals surface area contributed by atoms with Crippen LogP contribution in [0.25, 0.3) is 0 Å². The minimum absolute atomic E-state index is 0.121. The van der Waals surface area contributed by atoms with Gasteiger partial charge in [-0.25, -0.2) is 9.97 Å². The first-order chi connectivity index (χ1) is 10.2. The number of fused-ring (bicyclic) bond motifs is 1. The quantitative estimate of drug-likeness (QED) is 0.869. The van der Waals surface area contributed by atoms with Crippen LogP contribution >= 0.6 is 0 Å². The molecule has 1 aliphatic carbocycles. The summed E-state index contributed by atoms with van der Waals surface area (Å²) in [7, 11) is 0. The molecule has 0 bridgehead atoms. The molecule has 1 aromatic heterocycles.